The van der Waals surface area contributed by atoms with Crippen LogP contribution in [0, 0.1) is 17.5 Å². The van der Waals surface area contributed by atoms with E-state index in [0.717, 1.165) is 37.1 Å². The Labute approximate surface area is 187 Å². The third kappa shape index (κ3) is 5.21. The Hall–Kier alpha value is -3.07. The van der Waals surface area contributed by atoms with Gasteiger partial charge < -0.3 is 0 Å². The van der Waals surface area contributed by atoms with Gasteiger partial charge in [-0.05, 0) is 77.4 Å². The summed E-state index contributed by atoms with van der Waals surface area (Å²) >= 11 is 0. The molecule has 0 aliphatic heterocycles. The Bertz CT molecular complexity index is 1210. The molecule has 0 N–H and O–H groups in total. The third-order valence-electron chi connectivity index (χ3n) is 6.03. The minimum absolute atomic E-state index is 0.233. The van der Waals surface area contributed by atoms with Crippen LogP contribution < -0.4 is 0 Å². The van der Waals surface area contributed by atoms with Gasteiger partial charge in [0.2, 0.25) is 0 Å². The van der Waals surface area contributed by atoms with Crippen LogP contribution >= 0.6 is 0 Å². The van der Waals surface area contributed by atoms with Crippen molar-refractivity contribution in [1.82, 2.24) is 0 Å². The molecule has 3 heteroatoms. The summed E-state index contributed by atoms with van der Waals surface area (Å²) in [6.07, 6.45) is 5.01. The molecule has 0 saturated carbocycles. The van der Waals surface area contributed by atoms with E-state index in [0.29, 0.717) is 29.4 Å². The summed E-state index contributed by atoms with van der Waals surface area (Å²) in [7, 11) is 0. The molecule has 164 valence electrons. The molecule has 4 aromatic rings. The largest absolute Gasteiger partial charge is 0.206 e. The number of hydrogen-bond donors (Lipinski definition) is 0. The van der Waals surface area contributed by atoms with Gasteiger partial charge in [-0.25, -0.2) is 13.2 Å². The number of halogens is 3. The van der Waals surface area contributed by atoms with E-state index < -0.39 is 11.6 Å². The van der Waals surface area contributed by atoms with Gasteiger partial charge in [-0.1, -0.05) is 74.0 Å². The Kier molecular flexibility index (Phi) is 6.94. The van der Waals surface area contributed by atoms with E-state index in [2.05, 4.69) is 37.3 Å². The lowest BCUT2D eigenvalue weighted by atomic mass is 9.97. The SMILES string of the molecule is CCCc1ccc(CCc2ccc3c(F)c(CCc4ccc(F)c(F)c4)ccc3c2)cc1. The first-order valence-corrected chi connectivity index (χ1v) is 11.2. The number of aryl methyl sites for hydroxylation is 5. The fraction of sp³-hybridized carbons (Fsp3) is 0.241. The van der Waals surface area contributed by atoms with Crippen molar-refractivity contribution in [2.45, 2.75) is 45.4 Å². The van der Waals surface area contributed by atoms with E-state index in [4.69, 9.17) is 0 Å². The molecule has 0 fully saturated rings. The molecule has 0 radical (unpaired) electrons. The summed E-state index contributed by atoms with van der Waals surface area (Å²) in [5.74, 6) is -1.97. The van der Waals surface area contributed by atoms with Crippen molar-refractivity contribution in [3.05, 3.63) is 118 Å². The zero-order valence-electron chi connectivity index (χ0n) is 18.3. The lowest BCUT2D eigenvalue weighted by Gasteiger charge is -2.09. The van der Waals surface area contributed by atoms with Crippen LogP contribution in [0.25, 0.3) is 10.8 Å². The van der Waals surface area contributed by atoms with Crippen molar-refractivity contribution < 1.29 is 13.2 Å². The van der Waals surface area contributed by atoms with Crippen molar-refractivity contribution in [3.8, 4) is 0 Å². The van der Waals surface area contributed by atoms with Gasteiger partial charge in [0.1, 0.15) is 5.82 Å². The quantitative estimate of drug-likeness (QED) is 0.267. The maximum atomic E-state index is 15.1. The molecule has 32 heavy (non-hydrogen) atoms. The van der Waals surface area contributed by atoms with Gasteiger partial charge in [0.05, 0.1) is 0 Å². The zero-order valence-corrected chi connectivity index (χ0v) is 18.3. The van der Waals surface area contributed by atoms with E-state index >= 15 is 4.39 Å². The van der Waals surface area contributed by atoms with Crippen LogP contribution in [-0.2, 0) is 32.1 Å². The number of hydrogen-bond acceptors (Lipinski definition) is 0. The summed E-state index contributed by atoms with van der Waals surface area (Å²) < 4.78 is 41.6. The molecule has 4 rings (SSSR count). The summed E-state index contributed by atoms with van der Waals surface area (Å²) in [5, 5.41) is 1.48. The highest BCUT2D eigenvalue weighted by Crippen LogP contribution is 2.24. The molecule has 0 unspecified atom stereocenters. The lowest BCUT2D eigenvalue weighted by Crippen LogP contribution is -1.98. The molecule has 0 bridgehead atoms. The molecule has 4 aromatic carbocycles. The fourth-order valence-corrected chi connectivity index (χ4v) is 4.16. The van der Waals surface area contributed by atoms with Gasteiger partial charge in [-0.15, -0.1) is 0 Å². The Morgan fingerprint density at radius 2 is 1.12 bits per heavy atom. The van der Waals surface area contributed by atoms with Gasteiger partial charge in [0, 0.05) is 5.39 Å². The normalized spacial score (nSPS) is 11.2. The van der Waals surface area contributed by atoms with Crippen LogP contribution in [-0.4, -0.2) is 0 Å². The van der Waals surface area contributed by atoms with Gasteiger partial charge in [-0.2, -0.15) is 0 Å². The van der Waals surface area contributed by atoms with E-state index in [9.17, 15) is 8.78 Å². The second-order valence-corrected chi connectivity index (χ2v) is 8.41. The van der Waals surface area contributed by atoms with Crippen LogP contribution in [0.5, 0.6) is 0 Å². The van der Waals surface area contributed by atoms with Gasteiger partial charge in [0.15, 0.2) is 11.6 Å². The molecular formula is C29H27F3. The number of rotatable bonds is 8. The van der Waals surface area contributed by atoms with Crippen molar-refractivity contribution in [2.75, 3.05) is 0 Å². The first-order chi connectivity index (χ1) is 15.5. The summed E-state index contributed by atoms with van der Waals surface area (Å²) in [4.78, 5) is 0. The minimum Gasteiger partial charge on any atom is -0.206 e. The predicted octanol–water partition coefficient (Wildman–Crippen LogP) is 7.78. The highest BCUT2D eigenvalue weighted by molar-refractivity contribution is 5.84. The van der Waals surface area contributed by atoms with Crippen LogP contribution in [0.1, 0.15) is 41.2 Å². The van der Waals surface area contributed by atoms with E-state index in [1.165, 1.54) is 22.8 Å². The molecule has 0 aromatic heterocycles. The molecule has 0 amide bonds. The average Bonchev–Trinajstić information content (AvgIpc) is 2.80. The third-order valence-corrected chi connectivity index (χ3v) is 6.03. The summed E-state index contributed by atoms with van der Waals surface area (Å²) in [6.45, 7) is 2.19. The topological polar surface area (TPSA) is 0 Å². The highest BCUT2D eigenvalue weighted by Gasteiger charge is 2.10. The maximum Gasteiger partial charge on any atom is 0.159 e. The highest BCUT2D eigenvalue weighted by atomic mass is 19.2. The summed E-state index contributed by atoms with van der Waals surface area (Å²) in [5.41, 5.74) is 5.11. The molecule has 0 atom stereocenters. The average molecular weight is 433 g/mol. The first-order valence-electron chi connectivity index (χ1n) is 11.2. The van der Waals surface area contributed by atoms with Crippen LogP contribution in [0.4, 0.5) is 13.2 Å². The van der Waals surface area contributed by atoms with Gasteiger partial charge >= 0.3 is 0 Å². The fourth-order valence-electron chi connectivity index (χ4n) is 4.16. The van der Waals surface area contributed by atoms with Crippen LogP contribution in [0.15, 0.2) is 72.8 Å². The van der Waals surface area contributed by atoms with Crippen molar-refractivity contribution in [1.29, 1.82) is 0 Å². The number of fused-ring (bicyclic) bond motifs is 1. The van der Waals surface area contributed by atoms with Crippen LogP contribution in [0.3, 0.4) is 0 Å². The van der Waals surface area contributed by atoms with Crippen molar-refractivity contribution >= 4 is 10.8 Å². The molecule has 0 saturated heterocycles. The van der Waals surface area contributed by atoms with E-state index in [1.807, 2.05) is 18.2 Å². The zero-order chi connectivity index (χ0) is 22.5. The smallest absolute Gasteiger partial charge is 0.159 e. The minimum atomic E-state index is -0.870. The monoisotopic (exact) mass is 432 g/mol. The molecule has 0 aliphatic carbocycles. The molecule has 0 aliphatic rings. The molecule has 0 spiro atoms. The van der Waals surface area contributed by atoms with Crippen molar-refractivity contribution in [3.63, 3.8) is 0 Å². The van der Waals surface area contributed by atoms with E-state index in [1.54, 1.807) is 12.1 Å². The lowest BCUT2D eigenvalue weighted by molar-refractivity contribution is 0.507. The second-order valence-electron chi connectivity index (χ2n) is 8.41. The van der Waals surface area contributed by atoms with Gasteiger partial charge in [-0.3, -0.25) is 0 Å². The predicted molar refractivity (Wildman–Crippen MR) is 126 cm³/mol. The number of benzene rings is 4. The summed E-state index contributed by atoms with van der Waals surface area (Å²) in [6, 6.07) is 22.3. The van der Waals surface area contributed by atoms with Crippen LogP contribution in [0.2, 0.25) is 0 Å². The van der Waals surface area contributed by atoms with Gasteiger partial charge in [0.25, 0.3) is 0 Å². The maximum absolute atomic E-state index is 15.1. The van der Waals surface area contributed by atoms with E-state index in [-0.39, 0.29) is 5.82 Å². The molecule has 0 nitrogen and oxygen atoms in total. The second kappa shape index (κ2) is 10.0. The standard InChI is InChI=1S/C29H27F3/c1-2-3-20-4-6-21(7-5-20)8-9-22-11-16-26-25(18-22)15-14-24(29(26)32)13-10-23-12-17-27(30)28(31)19-23/h4-7,11-12,14-19H,2-3,8-10,13H2,1H3. The van der Waals surface area contributed by atoms with Crippen molar-refractivity contribution in [2.24, 2.45) is 0 Å². The Morgan fingerprint density at radius 1 is 0.531 bits per heavy atom. The first kappa shape index (κ1) is 22.1. The Balaban J connectivity index is 1.43. The molecule has 0 heterocycles. The molecular weight excluding hydrogens is 405 g/mol. The Morgan fingerprint density at radius 3 is 1.84 bits per heavy atom.